The van der Waals surface area contributed by atoms with Crippen molar-refractivity contribution in [3.05, 3.63) is 109 Å². The molecule has 0 aliphatic carbocycles. The van der Waals surface area contributed by atoms with E-state index in [1.165, 1.54) is 10.8 Å². The summed E-state index contributed by atoms with van der Waals surface area (Å²) < 4.78 is 6.14. The van der Waals surface area contributed by atoms with E-state index in [2.05, 4.69) is 119 Å². The molecule has 6 heteroatoms. The topological polar surface area (TPSA) is 47.9 Å². The van der Waals surface area contributed by atoms with Gasteiger partial charge in [-0.05, 0) is 50.1 Å². The van der Waals surface area contributed by atoms with Crippen LogP contribution in [0.15, 0.2) is 103 Å². The van der Waals surface area contributed by atoms with Crippen molar-refractivity contribution >= 4 is 62.7 Å². The average molecular weight is 827 g/mol. The molecule has 0 radical (unpaired) electrons. The Morgan fingerprint density at radius 3 is 2.15 bits per heavy atom. The zero-order valence-corrected chi connectivity index (χ0v) is 27.2. The SMILES string of the molecule is CC(C)(C)Oc1ccc2ccc3c(-c4ccncc4)cc(-c4[c-]c5ccccc5c5ccccc45)nc3c2n1.[I][Pt+]. The maximum absolute atomic E-state index is 6.14. The van der Waals surface area contributed by atoms with Crippen molar-refractivity contribution in [2.24, 2.45) is 0 Å². The number of hydrogen-bond acceptors (Lipinski definition) is 4. The molecule has 41 heavy (non-hydrogen) atoms. The van der Waals surface area contributed by atoms with E-state index in [0.29, 0.717) is 5.88 Å². The van der Waals surface area contributed by atoms with E-state index >= 15 is 0 Å². The van der Waals surface area contributed by atoms with Gasteiger partial charge >= 0.3 is 35.5 Å². The zero-order chi connectivity index (χ0) is 28.6. The molecule has 4 aromatic carbocycles. The summed E-state index contributed by atoms with van der Waals surface area (Å²) in [5, 5.41) is 6.60. The Bertz CT molecular complexity index is 2040. The van der Waals surface area contributed by atoms with Crippen molar-refractivity contribution in [3.8, 4) is 28.3 Å². The number of fused-ring (bicyclic) bond motifs is 6. The van der Waals surface area contributed by atoms with Gasteiger partial charge in [0.15, 0.2) is 0 Å². The first-order chi connectivity index (χ1) is 19.9. The second-order valence-electron chi connectivity index (χ2n) is 10.8. The molecule has 0 bridgehead atoms. The van der Waals surface area contributed by atoms with Gasteiger partial charge in [-0.3, -0.25) is 9.97 Å². The number of benzene rings is 4. The third-order valence-electron chi connectivity index (χ3n) is 6.94. The summed E-state index contributed by atoms with van der Waals surface area (Å²) >= 11 is 4.23. The number of ether oxygens (including phenoxy) is 1. The standard InChI is InChI=1S/C35H26N3O.HI.Pt/c1-35(2,3)39-32-15-13-23-12-14-28-29(22-16-18-36-19-17-22)21-31(37-34(28)33(23)38-32)30-20-24-8-4-5-9-25(24)26-10-6-7-11-27(26)30;;/h4-19,21H,1-3H3;1H;/q-1;;+2/p-1. The van der Waals surface area contributed by atoms with Crippen LogP contribution < -0.4 is 4.74 Å². The van der Waals surface area contributed by atoms with Gasteiger partial charge in [-0.1, -0.05) is 82.4 Å². The van der Waals surface area contributed by atoms with Crippen LogP contribution in [-0.4, -0.2) is 20.6 Å². The van der Waals surface area contributed by atoms with Gasteiger partial charge in [0.05, 0.1) is 11.0 Å². The van der Waals surface area contributed by atoms with E-state index in [-0.39, 0.29) is 5.60 Å². The van der Waals surface area contributed by atoms with E-state index in [1.54, 1.807) is 0 Å². The summed E-state index contributed by atoms with van der Waals surface area (Å²) in [6.07, 6.45) is 3.65. The van der Waals surface area contributed by atoms with E-state index in [1.807, 2.05) is 51.4 Å². The Hall–Kier alpha value is -3.41. The molecular formula is C35H26IN3OPt. The van der Waals surface area contributed by atoms with E-state index in [9.17, 15) is 0 Å². The minimum atomic E-state index is -0.356. The summed E-state index contributed by atoms with van der Waals surface area (Å²) in [4.78, 5) is 14.5. The molecule has 7 aromatic rings. The molecule has 0 atom stereocenters. The van der Waals surface area contributed by atoms with Crippen LogP contribution in [0.3, 0.4) is 0 Å². The van der Waals surface area contributed by atoms with Crippen LogP contribution in [0.5, 0.6) is 5.88 Å². The van der Waals surface area contributed by atoms with Crippen LogP contribution >= 0.6 is 19.4 Å². The van der Waals surface area contributed by atoms with Gasteiger partial charge in [0.25, 0.3) is 0 Å². The first kappa shape index (κ1) is 27.7. The Kier molecular flexibility index (Phi) is 7.75. The summed E-state index contributed by atoms with van der Waals surface area (Å²) in [7, 11) is 0. The summed E-state index contributed by atoms with van der Waals surface area (Å²) in [5.41, 5.74) is 5.27. The molecule has 0 aliphatic heterocycles. The number of hydrogen-bond donors (Lipinski definition) is 0. The molecule has 0 aliphatic rings. The van der Waals surface area contributed by atoms with Crippen LogP contribution in [0.1, 0.15) is 20.8 Å². The van der Waals surface area contributed by atoms with Gasteiger partial charge in [-0.2, -0.15) is 0 Å². The van der Waals surface area contributed by atoms with Crippen LogP contribution in [0.25, 0.3) is 65.7 Å². The molecule has 0 saturated heterocycles. The molecule has 0 spiro atoms. The van der Waals surface area contributed by atoms with E-state index < -0.39 is 0 Å². The molecule has 0 saturated carbocycles. The third-order valence-corrected chi connectivity index (χ3v) is 6.94. The fourth-order valence-corrected chi connectivity index (χ4v) is 5.29. The van der Waals surface area contributed by atoms with Gasteiger partial charge in [0.1, 0.15) is 5.60 Å². The predicted molar refractivity (Wildman–Crippen MR) is 174 cm³/mol. The Labute approximate surface area is 260 Å². The monoisotopic (exact) mass is 826 g/mol. The molecule has 3 heterocycles. The predicted octanol–water partition coefficient (Wildman–Crippen LogP) is 9.68. The Morgan fingerprint density at radius 2 is 1.39 bits per heavy atom. The van der Waals surface area contributed by atoms with Gasteiger partial charge in [-0.15, -0.1) is 17.5 Å². The van der Waals surface area contributed by atoms with Gasteiger partial charge in [0, 0.05) is 34.9 Å². The number of aromatic nitrogens is 3. The molecule has 0 unspecified atom stereocenters. The van der Waals surface area contributed by atoms with Gasteiger partial charge < -0.3 is 4.74 Å². The Balaban J connectivity index is 0.00000148. The second kappa shape index (κ2) is 11.5. The van der Waals surface area contributed by atoms with Crippen LogP contribution in [-0.2, 0) is 16.1 Å². The van der Waals surface area contributed by atoms with Gasteiger partial charge in [0.2, 0.25) is 5.88 Å². The average Bonchev–Trinajstić information content (AvgIpc) is 3.00. The normalized spacial score (nSPS) is 11.6. The molecular weight excluding hydrogens is 800 g/mol. The summed E-state index contributed by atoms with van der Waals surface area (Å²) in [5.74, 6) is 0.586. The minimum absolute atomic E-state index is 0.356. The quantitative estimate of drug-likeness (QED) is 0.101. The maximum atomic E-state index is 6.14. The van der Waals surface area contributed by atoms with E-state index in [4.69, 9.17) is 14.7 Å². The molecule has 0 N–H and O–H groups in total. The van der Waals surface area contributed by atoms with Gasteiger partial charge in [-0.25, -0.2) is 4.98 Å². The van der Waals surface area contributed by atoms with Crippen LogP contribution in [0.2, 0.25) is 0 Å². The molecule has 7 rings (SSSR count). The summed E-state index contributed by atoms with van der Waals surface area (Å²) in [6.45, 7) is 6.08. The van der Waals surface area contributed by atoms with Crippen molar-refractivity contribution in [2.75, 3.05) is 0 Å². The van der Waals surface area contributed by atoms with Crippen molar-refractivity contribution in [2.45, 2.75) is 26.4 Å². The molecule has 0 amide bonds. The van der Waals surface area contributed by atoms with Crippen molar-refractivity contribution in [1.82, 2.24) is 15.0 Å². The second-order valence-corrected chi connectivity index (χ2v) is 10.8. The van der Waals surface area contributed by atoms with Crippen molar-refractivity contribution in [3.63, 3.8) is 0 Å². The molecule has 4 nitrogen and oxygen atoms in total. The molecule has 0 fully saturated rings. The van der Waals surface area contributed by atoms with Crippen molar-refractivity contribution < 1.29 is 20.9 Å². The fourth-order valence-electron chi connectivity index (χ4n) is 5.29. The zero-order valence-electron chi connectivity index (χ0n) is 22.8. The fraction of sp³-hybridized carbons (Fsp3) is 0.114. The Morgan fingerprint density at radius 1 is 0.707 bits per heavy atom. The first-order valence-corrected chi connectivity index (χ1v) is 19.7. The molecule has 3 aromatic heterocycles. The number of nitrogens with zero attached hydrogens (tertiary/aromatic N) is 3. The number of rotatable bonds is 3. The number of halogens is 1. The first-order valence-electron chi connectivity index (χ1n) is 13.2. The van der Waals surface area contributed by atoms with Crippen LogP contribution in [0, 0.1) is 6.07 Å². The molecule has 204 valence electrons. The van der Waals surface area contributed by atoms with E-state index in [0.717, 1.165) is 55.0 Å². The summed E-state index contributed by atoms with van der Waals surface area (Å²) in [6, 6.07) is 35.1. The van der Waals surface area contributed by atoms with Crippen molar-refractivity contribution in [1.29, 1.82) is 0 Å². The van der Waals surface area contributed by atoms with Crippen LogP contribution in [0.4, 0.5) is 0 Å². The number of pyridine rings is 3. The third kappa shape index (κ3) is 5.45.